The summed E-state index contributed by atoms with van der Waals surface area (Å²) in [6.45, 7) is 2.74. The van der Waals surface area contributed by atoms with Crippen molar-refractivity contribution >= 4 is 29.0 Å². The van der Waals surface area contributed by atoms with Crippen LogP contribution in [0, 0.1) is 6.92 Å². The molecule has 2 aromatic heterocycles. The van der Waals surface area contributed by atoms with Crippen LogP contribution in [0.15, 0.2) is 12.3 Å². The van der Waals surface area contributed by atoms with Gasteiger partial charge >= 0.3 is 6.18 Å². The highest BCUT2D eigenvalue weighted by molar-refractivity contribution is 7.17. The predicted octanol–water partition coefficient (Wildman–Crippen LogP) is 4.29. The molecule has 5 rings (SSSR count). The first kappa shape index (κ1) is 25.9. The van der Waals surface area contributed by atoms with E-state index in [1.165, 1.54) is 12.3 Å². The maximum Gasteiger partial charge on any atom is 0.408 e. The van der Waals surface area contributed by atoms with E-state index >= 15 is 0 Å². The van der Waals surface area contributed by atoms with E-state index < -0.39 is 24.2 Å². The Kier molecular flexibility index (Phi) is 6.90. The second kappa shape index (κ2) is 9.86. The molecule has 0 spiro atoms. The molecule has 0 unspecified atom stereocenters. The summed E-state index contributed by atoms with van der Waals surface area (Å²) in [5.74, 6) is -0.624. The van der Waals surface area contributed by atoms with E-state index in [9.17, 15) is 27.9 Å². The van der Waals surface area contributed by atoms with Crippen molar-refractivity contribution in [3.8, 4) is 10.4 Å². The van der Waals surface area contributed by atoms with Gasteiger partial charge in [0.25, 0.3) is 11.8 Å². The summed E-state index contributed by atoms with van der Waals surface area (Å²) in [6, 6.07) is -0.324. The van der Waals surface area contributed by atoms with Gasteiger partial charge in [0, 0.05) is 23.8 Å². The van der Waals surface area contributed by atoms with Crippen molar-refractivity contribution in [3.63, 3.8) is 0 Å². The van der Waals surface area contributed by atoms with Gasteiger partial charge in [0.15, 0.2) is 5.01 Å². The number of hydrogen-bond acceptors (Lipinski definition) is 7. The minimum Gasteiger partial charge on any atom is -0.391 e. The summed E-state index contributed by atoms with van der Waals surface area (Å²) in [4.78, 5) is 37.8. The number of aliphatic hydroxyl groups is 1. The van der Waals surface area contributed by atoms with Crippen LogP contribution in [0.4, 0.5) is 19.0 Å². The lowest BCUT2D eigenvalue weighted by atomic mass is 10.0. The number of thiazole rings is 1. The van der Waals surface area contributed by atoms with Crippen LogP contribution in [0.25, 0.3) is 10.4 Å². The molecular formula is C25H30F3N5O3S. The van der Waals surface area contributed by atoms with Crippen LogP contribution in [-0.2, 0) is 0 Å². The second-order valence-corrected chi connectivity index (χ2v) is 11.2. The Morgan fingerprint density at radius 3 is 2.41 bits per heavy atom. The standard InChI is InChI=1S/C25H30F3N5O3S/c1-12-10-19(30-13(2)25(26,27)28)29-11-16(12)21-20(24(36)33-14-6-7-15(33)9-8-14)32-23(37-21)22(35)31-17-4-3-5-18(17)34/h10-11,13-15,17-18,34H,3-9H2,1-2H3,(H,29,30)(H,31,35)/t13-,14?,15?,17-,18-/m0/s1. The smallest absolute Gasteiger partial charge is 0.391 e. The fourth-order valence-corrected chi connectivity index (χ4v) is 6.66. The van der Waals surface area contributed by atoms with Gasteiger partial charge in [-0.25, -0.2) is 9.97 Å². The molecule has 1 saturated carbocycles. The molecule has 200 valence electrons. The molecule has 2 bridgehead atoms. The van der Waals surface area contributed by atoms with Gasteiger partial charge < -0.3 is 20.6 Å². The summed E-state index contributed by atoms with van der Waals surface area (Å²) in [5, 5.41) is 15.4. The number of alkyl halides is 3. The van der Waals surface area contributed by atoms with Crippen molar-refractivity contribution in [2.24, 2.45) is 0 Å². The van der Waals surface area contributed by atoms with Crippen molar-refractivity contribution in [1.29, 1.82) is 0 Å². The molecular weight excluding hydrogens is 507 g/mol. The number of halogens is 3. The summed E-state index contributed by atoms with van der Waals surface area (Å²) < 4.78 is 39.0. The van der Waals surface area contributed by atoms with Crippen LogP contribution in [0.2, 0.25) is 0 Å². The maximum absolute atomic E-state index is 13.7. The summed E-state index contributed by atoms with van der Waals surface area (Å²) in [5.41, 5.74) is 1.31. The third-order valence-corrected chi connectivity index (χ3v) is 8.81. The van der Waals surface area contributed by atoms with Crippen LogP contribution in [0.1, 0.15) is 77.7 Å². The summed E-state index contributed by atoms with van der Waals surface area (Å²) in [6.07, 6.45) is 2.27. The van der Waals surface area contributed by atoms with Crippen molar-refractivity contribution in [1.82, 2.24) is 20.2 Å². The zero-order valence-electron chi connectivity index (χ0n) is 20.6. The molecule has 12 heteroatoms. The number of amides is 2. The van der Waals surface area contributed by atoms with Gasteiger partial charge in [-0.05, 0) is 70.4 Å². The van der Waals surface area contributed by atoms with E-state index in [1.807, 2.05) is 4.90 Å². The lowest BCUT2D eigenvalue weighted by Gasteiger charge is -2.22. The molecule has 2 aromatic rings. The van der Waals surface area contributed by atoms with Gasteiger partial charge in [-0.1, -0.05) is 0 Å². The number of fused-ring (bicyclic) bond motifs is 2. The van der Waals surface area contributed by atoms with Crippen molar-refractivity contribution in [2.75, 3.05) is 5.32 Å². The zero-order chi connectivity index (χ0) is 26.5. The average Bonchev–Trinajstić information content (AvgIpc) is 3.63. The Hall–Kier alpha value is -2.73. The van der Waals surface area contributed by atoms with E-state index in [1.54, 1.807) is 6.92 Å². The molecule has 8 nitrogen and oxygen atoms in total. The first-order chi connectivity index (χ1) is 17.5. The Morgan fingerprint density at radius 1 is 1.16 bits per heavy atom. The molecule has 0 radical (unpaired) electrons. The van der Waals surface area contributed by atoms with Gasteiger partial charge in [0.05, 0.1) is 17.0 Å². The minimum absolute atomic E-state index is 0.0641. The van der Waals surface area contributed by atoms with Crippen LogP contribution >= 0.6 is 11.3 Å². The number of nitrogens with one attached hydrogen (secondary N) is 2. The molecule has 3 N–H and O–H groups in total. The number of pyridine rings is 1. The Morgan fingerprint density at radius 2 is 1.84 bits per heavy atom. The number of rotatable bonds is 6. The first-order valence-corrected chi connectivity index (χ1v) is 13.5. The Balaban J connectivity index is 1.48. The zero-order valence-corrected chi connectivity index (χ0v) is 21.5. The third-order valence-electron chi connectivity index (χ3n) is 7.72. The van der Waals surface area contributed by atoms with Crippen molar-refractivity contribution in [3.05, 3.63) is 28.5 Å². The average molecular weight is 538 g/mol. The van der Waals surface area contributed by atoms with Crippen LogP contribution in [-0.4, -0.2) is 68.2 Å². The normalized spacial score (nSPS) is 25.9. The fourth-order valence-electron chi connectivity index (χ4n) is 5.63. The van der Waals surface area contributed by atoms with Crippen LogP contribution in [0.5, 0.6) is 0 Å². The van der Waals surface area contributed by atoms with Gasteiger partial charge in [-0.2, -0.15) is 13.2 Å². The molecule has 2 saturated heterocycles. The van der Waals surface area contributed by atoms with E-state index in [0.717, 1.165) is 50.4 Å². The third kappa shape index (κ3) is 5.05. The maximum atomic E-state index is 13.7. The second-order valence-electron chi connectivity index (χ2n) is 10.2. The summed E-state index contributed by atoms with van der Waals surface area (Å²) >= 11 is 1.06. The number of aromatic nitrogens is 2. The number of anilines is 1. The fraction of sp³-hybridized carbons (Fsp3) is 0.600. The van der Waals surface area contributed by atoms with E-state index in [4.69, 9.17) is 0 Å². The Labute approximate surface area is 216 Å². The molecule has 4 heterocycles. The highest BCUT2D eigenvalue weighted by Gasteiger charge is 2.44. The minimum atomic E-state index is -4.42. The van der Waals surface area contributed by atoms with E-state index in [2.05, 4.69) is 20.6 Å². The van der Waals surface area contributed by atoms with Gasteiger partial charge in [-0.3, -0.25) is 9.59 Å². The molecule has 37 heavy (non-hydrogen) atoms. The predicted molar refractivity (Wildman–Crippen MR) is 133 cm³/mol. The number of aliphatic hydroxyl groups excluding tert-OH is 1. The first-order valence-electron chi connectivity index (χ1n) is 12.7. The van der Waals surface area contributed by atoms with Gasteiger partial charge in [-0.15, -0.1) is 11.3 Å². The van der Waals surface area contributed by atoms with E-state index in [0.29, 0.717) is 28.8 Å². The lowest BCUT2D eigenvalue weighted by Crippen LogP contribution is -2.40. The van der Waals surface area contributed by atoms with Crippen LogP contribution < -0.4 is 10.6 Å². The molecule has 3 aliphatic rings. The molecule has 2 aliphatic heterocycles. The SMILES string of the molecule is Cc1cc(N[C@@H](C)C(F)(F)F)ncc1-c1sc(C(=O)N[C@H]2CCC[C@@H]2O)nc1C(=O)N1C2CCC1CC2. The lowest BCUT2D eigenvalue weighted by molar-refractivity contribution is -0.138. The highest BCUT2D eigenvalue weighted by atomic mass is 32.1. The number of nitrogens with zero attached hydrogens (tertiary/aromatic N) is 3. The number of carbonyl (C=O) groups is 2. The van der Waals surface area contributed by atoms with Gasteiger partial charge in [0.2, 0.25) is 0 Å². The number of carbonyl (C=O) groups excluding carboxylic acids is 2. The highest BCUT2D eigenvalue weighted by Crippen LogP contribution is 2.41. The van der Waals surface area contributed by atoms with E-state index in [-0.39, 0.29) is 40.6 Å². The summed E-state index contributed by atoms with van der Waals surface area (Å²) in [7, 11) is 0. The van der Waals surface area contributed by atoms with Crippen molar-refractivity contribution in [2.45, 2.75) is 95.2 Å². The molecule has 3 fully saturated rings. The molecule has 1 aliphatic carbocycles. The Bertz CT molecular complexity index is 1180. The monoisotopic (exact) mass is 537 g/mol. The van der Waals surface area contributed by atoms with Crippen molar-refractivity contribution < 1.29 is 27.9 Å². The molecule has 0 aromatic carbocycles. The van der Waals surface area contributed by atoms with Crippen LogP contribution in [0.3, 0.4) is 0 Å². The van der Waals surface area contributed by atoms with Gasteiger partial charge in [0.1, 0.15) is 17.6 Å². The molecule has 3 atom stereocenters. The topological polar surface area (TPSA) is 107 Å². The molecule has 2 amide bonds. The number of aryl methyl sites for hydroxylation is 1. The largest absolute Gasteiger partial charge is 0.408 e. The quantitative estimate of drug-likeness (QED) is 0.508. The number of hydrogen-bond donors (Lipinski definition) is 3.